The molecule has 0 spiro atoms. The Balaban J connectivity index is 2.63. The SMILES string of the molecule is CCN(/C=C(/C#N)C(=O)NCCc1ccc(O)cc1)C(C)(C)C. The summed E-state index contributed by atoms with van der Waals surface area (Å²) < 4.78 is 0. The molecule has 0 aliphatic rings. The molecular formula is C18H25N3O2. The number of nitriles is 1. The quantitative estimate of drug-likeness (QED) is 0.625. The number of benzene rings is 1. The minimum atomic E-state index is -0.367. The van der Waals surface area contributed by atoms with Crippen molar-refractivity contribution in [1.82, 2.24) is 10.2 Å². The summed E-state index contributed by atoms with van der Waals surface area (Å²) >= 11 is 0. The molecule has 0 aromatic heterocycles. The molecule has 1 aromatic carbocycles. The van der Waals surface area contributed by atoms with Crippen LogP contribution < -0.4 is 5.32 Å². The molecule has 0 heterocycles. The number of phenols is 1. The Bertz CT molecular complexity index is 592. The second kappa shape index (κ2) is 8.23. The molecule has 1 amide bonds. The highest BCUT2D eigenvalue weighted by Crippen LogP contribution is 2.14. The van der Waals surface area contributed by atoms with Crippen LogP contribution in [0.3, 0.4) is 0 Å². The van der Waals surface area contributed by atoms with E-state index in [9.17, 15) is 15.2 Å². The molecule has 0 unspecified atom stereocenters. The highest BCUT2D eigenvalue weighted by molar-refractivity contribution is 5.97. The standard InChI is InChI=1S/C18H25N3O2/c1-5-21(18(2,3)4)13-15(12-19)17(23)20-11-10-14-6-8-16(22)9-7-14/h6-9,13,22H,5,10-11H2,1-4H3,(H,20,23)/b15-13-. The van der Waals surface area contributed by atoms with Crippen LogP contribution >= 0.6 is 0 Å². The van der Waals surface area contributed by atoms with Gasteiger partial charge in [0.1, 0.15) is 17.4 Å². The van der Waals surface area contributed by atoms with Crippen molar-refractivity contribution in [2.45, 2.75) is 39.7 Å². The second-order valence-corrected chi connectivity index (χ2v) is 6.28. The average molecular weight is 315 g/mol. The summed E-state index contributed by atoms with van der Waals surface area (Å²) in [7, 11) is 0. The molecule has 0 aliphatic heterocycles. The van der Waals surface area contributed by atoms with Gasteiger partial charge in [0.05, 0.1) is 0 Å². The normalized spacial score (nSPS) is 11.7. The highest BCUT2D eigenvalue weighted by atomic mass is 16.3. The molecule has 1 aromatic rings. The Kier molecular flexibility index (Phi) is 6.65. The van der Waals surface area contributed by atoms with Gasteiger partial charge in [-0.05, 0) is 51.8 Å². The van der Waals surface area contributed by atoms with Gasteiger partial charge in [-0.2, -0.15) is 5.26 Å². The maximum Gasteiger partial charge on any atom is 0.263 e. The smallest absolute Gasteiger partial charge is 0.263 e. The molecule has 1 rings (SSSR count). The zero-order valence-corrected chi connectivity index (χ0v) is 14.3. The van der Waals surface area contributed by atoms with Crippen molar-refractivity contribution in [3.63, 3.8) is 0 Å². The Morgan fingerprint density at radius 2 is 1.96 bits per heavy atom. The second-order valence-electron chi connectivity index (χ2n) is 6.28. The van der Waals surface area contributed by atoms with E-state index in [1.54, 1.807) is 30.5 Å². The molecule has 5 heteroatoms. The van der Waals surface area contributed by atoms with E-state index in [1.165, 1.54) is 0 Å². The highest BCUT2D eigenvalue weighted by Gasteiger charge is 2.19. The largest absolute Gasteiger partial charge is 0.508 e. The van der Waals surface area contributed by atoms with Crippen LogP contribution in [-0.4, -0.2) is 34.5 Å². The average Bonchev–Trinajstić information content (AvgIpc) is 2.49. The molecular weight excluding hydrogens is 290 g/mol. The van der Waals surface area contributed by atoms with Crippen LogP contribution in [0.4, 0.5) is 0 Å². The van der Waals surface area contributed by atoms with Gasteiger partial charge in [0.15, 0.2) is 0 Å². The fraction of sp³-hybridized carbons (Fsp3) is 0.444. The van der Waals surface area contributed by atoms with Crippen LogP contribution in [0.5, 0.6) is 5.75 Å². The molecule has 0 saturated carbocycles. The van der Waals surface area contributed by atoms with E-state index in [2.05, 4.69) is 5.32 Å². The maximum atomic E-state index is 12.1. The van der Waals surface area contributed by atoms with E-state index >= 15 is 0 Å². The minimum absolute atomic E-state index is 0.104. The first-order valence-corrected chi connectivity index (χ1v) is 7.72. The number of rotatable bonds is 6. The van der Waals surface area contributed by atoms with Crippen molar-refractivity contribution in [2.24, 2.45) is 0 Å². The van der Waals surface area contributed by atoms with Crippen molar-refractivity contribution >= 4 is 5.91 Å². The fourth-order valence-corrected chi connectivity index (χ4v) is 2.13. The van der Waals surface area contributed by atoms with Crippen molar-refractivity contribution in [2.75, 3.05) is 13.1 Å². The molecule has 23 heavy (non-hydrogen) atoms. The van der Waals surface area contributed by atoms with Crippen LogP contribution in [0.15, 0.2) is 36.0 Å². The summed E-state index contributed by atoms with van der Waals surface area (Å²) in [6, 6.07) is 8.80. The van der Waals surface area contributed by atoms with E-state index in [-0.39, 0.29) is 22.8 Å². The molecule has 0 saturated heterocycles. The Morgan fingerprint density at radius 1 is 1.35 bits per heavy atom. The number of hydrogen-bond acceptors (Lipinski definition) is 4. The van der Waals surface area contributed by atoms with Gasteiger partial charge in [0.25, 0.3) is 5.91 Å². The third kappa shape index (κ3) is 6.03. The third-order valence-corrected chi connectivity index (χ3v) is 3.49. The topological polar surface area (TPSA) is 76.4 Å². The van der Waals surface area contributed by atoms with E-state index in [1.807, 2.05) is 38.7 Å². The summed E-state index contributed by atoms with van der Waals surface area (Å²) in [5.41, 5.74) is 0.964. The maximum absolute atomic E-state index is 12.1. The molecule has 0 atom stereocenters. The number of carbonyl (C=O) groups is 1. The van der Waals surface area contributed by atoms with E-state index in [0.717, 1.165) is 12.1 Å². The van der Waals surface area contributed by atoms with Gasteiger partial charge in [0.2, 0.25) is 0 Å². The van der Waals surface area contributed by atoms with Crippen LogP contribution in [0.25, 0.3) is 0 Å². The number of carbonyl (C=O) groups excluding carboxylic acids is 1. The number of aromatic hydroxyl groups is 1. The van der Waals surface area contributed by atoms with Crippen molar-refractivity contribution < 1.29 is 9.90 Å². The fourth-order valence-electron chi connectivity index (χ4n) is 2.13. The number of phenolic OH excluding ortho intramolecular Hbond substituents is 1. The van der Waals surface area contributed by atoms with Gasteiger partial charge >= 0.3 is 0 Å². The predicted octanol–water partition coefficient (Wildman–Crippen LogP) is 2.58. The first-order chi connectivity index (χ1) is 10.8. The molecule has 5 nitrogen and oxygen atoms in total. The minimum Gasteiger partial charge on any atom is -0.508 e. The van der Waals surface area contributed by atoms with Gasteiger partial charge in [0, 0.05) is 24.8 Å². The summed E-state index contributed by atoms with van der Waals surface area (Å²) in [5, 5.41) is 21.2. The zero-order valence-electron chi connectivity index (χ0n) is 14.3. The lowest BCUT2D eigenvalue weighted by atomic mass is 10.1. The zero-order chi connectivity index (χ0) is 17.5. The van der Waals surface area contributed by atoms with Gasteiger partial charge in [-0.15, -0.1) is 0 Å². The first-order valence-electron chi connectivity index (χ1n) is 7.72. The van der Waals surface area contributed by atoms with Gasteiger partial charge < -0.3 is 15.3 Å². The predicted molar refractivity (Wildman–Crippen MR) is 90.6 cm³/mol. The number of nitrogens with zero attached hydrogens (tertiary/aromatic N) is 2. The summed E-state index contributed by atoms with van der Waals surface area (Å²) in [6.07, 6.45) is 2.26. The molecule has 0 aliphatic carbocycles. The van der Waals surface area contributed by atoms with Crippen molar-refractivity contribution in [3.05, 3.63) is 41.6 Å². The molecule has 0 radical (unpaired) electrons. The van der Waals surface area contributed by atoms with Crippen LogP contribution in [0.1, 0.15) is 33.3 Å². The van der Waals surface area contributed by atoms with E-state index < -0.39 is 0 Å². The van der Waals surface area contributed by atoms with Crippen LogP contribution in [0, 0.1) is 11.3 Å². The van der Waals surface area contributed by atoms with Crippen LogP contribution in [-0.2, 0) is 11.2 Å². The first kappa shape index (κ1) is 18.6. The Morgan fingerprint density at radius 3 is 2.43 bits per heavy atom. The van der Waals surface area contributed by atoms with Crippen molar-refractivity contribution in [1.29, 1.82) is 5.26 Å². The number of nitrogens with one attached hydrogen (secondary N) is 1. The van der Waals surface area contributed by atoms with Gasteiger partial charge in [-0.1, -0.05) is 12.1 Å². The molecule has 124 valence electrons. The Hall–Kier alpha value is -2.48. The third-order valence-electron chi connectivity index (χ3n) is 3.49. The lowest BCUT2D eigenvalue weighted by Crippen LogP contribution is -2.38. The van der Waals surface area contributed by atoms with E-state index in [4.69, 9.17) is 0 Å². The lowest BCUT2D eigenvalue weighted by molar-refractivity contribution is -0.117. The van der Waals surface area contributed by atoms with Crippen LogP contribution in [0.2, 0.25) is 0 Å². The van der Waals surface area contributed by atoms with E-state index in [0.29, 0.717) is 13.0 Å². The molecule has 0 fully saturated rings. The summed E-state index contributed by atoms with van der Waals surface area (Å²) in [4.78, 5) is 14.1. The van der Waals surface area contributed by atoms with Gasteiger partial charge in [-0.3, -0.25) is 4.79 Å². The van der Waals surface area contributed by atoms with Crippen molar-refractivity contribution in [3.8, 4) is 11.8 Å². The molecule has 0 bridgehead atoms. The monoisotopic (exact) mass is 315 g/mol. The lowest BCUT2D eigenvalue weighted by Gasteiger charge is -2.33. The Labute approximate surface area is 138 Å². The number of amides is 1. The summed E-state index contributed by atoms with van der Waals surface area (Å²) in [5.74, 6) is -0.150. The summed E-state index contributed by atoms with van der Waals surface area (Å²) in [6.45, 7) is 9.24. The number of hydrogen-bond donors (Lipinski definition) is 2. The molecule has 2 N–H and O–H groups in total. The van der Waals surface area contributed by atoms with Gasteiger partial charge in [-0.25, -0.2) is 0 Å².